The molecule has 1 N–H and O–H groups in total. The van der Waals surface area contributed by atoms with Crippen molar-refractivity contribution in [1.82, 2.24) is 5.32 Å². The van der Waals surface area contributed by atoms with Crippen LogP contribution in [0.4, 0.5) is 0 Å². The molecule has 4 saturated carbocycles. The van der Waals surface area contributed by atoms with E-state index in [-0.39, 0.29) is 0 Å². The number of hydrogen-bond donors (Lipinski definition) is 1. The van der Waals surface area contributed by atoms with Crippen LogP contribution >= 0.6 is 11.6 Å². The molecule has 0 aromatic heterocycles. The number of benzene rings is 1. The summed E-state index contributed by atoms with van der Waals surface area (Å²) in [5.41, 5.74) is 2.58. The summed E-state index contributed by atoms with van der Waals surface area (Å²) in [6, 6.07) is 5.98. The van der Waals surface area contributed by atoms with Crippen molar-refractivity contribution in [3.05, 3.63) is 28.8 Å². The van der Waals surface area contributed by atoms with E-state index in [1.807, 2.05) is 19.1 Å². The normalized spacial score (nSPS) is 40.1. The first-order valence-electron chi connectivity index (χ1n) is 9.49. The molecule has 0 radical (unpaired) electrons. The van der Waals surface area contributed by atoms with E-state index in [0.717, 1.165) is 23.2 Å². The second-order valence-corrected chi connectivity index (χ2v) is 9.89. The minimum atomic E-state index is 0.314. The van der Waals surface area contributed by atoms with Gasteiger partial charge in [-0.2, -0.15) is 0 Å². The molecular formula is C21H30ClNO. The van der Waals surface area contributed by atoms with Gasteiger partial charge in [0.15, 0.2) is 0 Å². The third kappa shape index (κ3) is 2.97. The van der Waals surface area contributed by atoms with Crippen molar-refractivity contribution in [2.75, 3.05) is 6.61 Å². The lowest BCUT2D eigenvalue weighted by atomic mass is 9.43. The first-order valence-corrected chi connectivity index (χ1v) is 9.87. The molecule has 4 bridgehead atoms. The fourth-order valence-corrected chi connectivity index (χ4v) is 7.10. The number of nitrogens with one attached hydrogen (secondary N) is 1. The third-order valence-electron chi connectivity index (χ3n) is 6.60. The minimum Gasteiger partial charge on any atom is -0.494 e. The SMILES string of the molecule is CCOc1ccc(Cl)cc1CNC12CC3C[C@@](C)(C1)C[C@](C)(C3)C2. The molecule has 1 aromatic rings. The summed E-state index contributed by atoms with van der Waals surface area (Å²) in [6.07, 6.45) is 8.30. The maximum absolute atomic E-state index is 6.23. The molecule has 0 amide bonds. The molecule has 2 unspecified atom stereocenters. The van der Waals surface area contributed by atoms with E-state index in [4.69, 9.17) is 16.3 Å². The van der Waals surface area contributed by atoms with Gasteiger partial charge in [-0.15, -0.1) is 0 Å². The smallest absolute Gasteiger partial charge is 0.123 e. The number of ether oxygens (including phenoxy) is 1. The fourth-order valence-electron chi connectivity index (χ4n) is 6.91. The Morgan fingerprint density at radius 2 is 1.83 bits per heavy atom. The Labute approximate surface area is 151 Å². The maximum Gasteiger partial charge on any atom is 0.123 e. The van der Waals surface area contributed by atoms with Crippen molar-refractivity contribution in [3.8, 4) is 5.75 Å². The standard InChI is InChI=1S/C21H30ClNO/c1-4-24-18-6-5-17(22)7-16(18)11-23-21-10-15-8-19(2,13-21)12-20(3,9-15)14-21/h5-7,15,23H,4,8-14H2,1-3H3/t15?,19-,20+,21?. The molecule has 0 heterocycles. The lowest BCUT2D eigenvalue weighted by molar-refractivity contribution is -0.118. The summed E-state index contributed by atoms with van der Waals surface area (Å²) in [5.74, 6) is 1.88. The van der Waals surface area contributed by atoms with Crippen LogP contribution in [0, 0.1) is 16.7 Å². The van der Waals surface area contributed by atoms with Gasteiger partial charge < -0.3 is 10.1 Å². The summed E-state index contributed by atoms with van der Waals surface area (Å²) in [6.45, 7) is 8.63. The Kier molecular flexibility index (Phi) is 3.93. The van der Waals surface area contributed by atoms with E-state index in [2.05, 4.69) is 25.2 Å². The van der Waals surface area contributed by atoms with E-state index in [0.29, 0.717) is 23.0 Å². The van der Waals surface area contributed by atoms with E-state index in [1.165, 1.54) is 44.1 Å². The Balaban J connectivity index is 1.55. The van der Waals surface area contributed by atoms with Crippen molar-refractivity contribution >= 4 is 11.6 Å². The molecule has 1 aromatic carbocycles. The highest BCUT2D eigenvalue weighted by Gasteiger charge is 2.59. The van der Waals surface area contributed by atoms with Gasteiger partial charge in [0.05, 0.1) is 6.61 Å². The van der Waals surface area contributed by atoms with E-state index in [1.54, 1.807) is 0 Å². The molecule has 4 fully saturated rings. The van der Waals surface area contributed by atoms with E-state index >= 15 is 0 Å². The van der Waals surface area contributed by atoms with Crippen LogP contribution in [0.3, 0.4) is 0 Å². The highest BCUT2D eigenvalue weighted by molar-refractivity contribution is 6.30. The van der Waals surface area contributed by atoms with Crippen molar-refractivity contribution in [3.63, 3.8) is 0 Å². The molecule has 0 saturated heterocycles. The minimum absolute atomic E-state index is 0.314. The van der Waals surface area contributed by atoms with Crippen LogP contribution < -0.4 is 10.1 Å². The number of halogens is 1. The van der Waals surface area contributed by atoms with Gasteiger partial charge in [0, 0.05) is 22.7 Å². The summed E-state index contributed by atoms with van der Waals surface area (Å²) >= 11 is 6.23. The van der Waals surface area contributed by atoms with Crippen molar-refractivity contribution in [2.45, 2.75) is 71.4 Å². The number of rotatable bonds is 5. The van der Waals surface area contributed by atoms with Crippen LogP contribution in [0.25, 0.3) is 0 Å². The zero-order valence-corrected chi connectivity index (χ0v) is 16.0. The molecule has 3 heteroatoms. The highest BCUT2D eigenvalue weighted by atomic mass is 35.5. The van der Waals surface area contributed by atoms with Crippen LogP contribution in [0.1, 0.15) is 64.9 Å². The van der Waals surface area contributed by atoms with Crippen LogP contribution in [-0.4, -0.2) is 12.1 Å². The summed E-state index contributed by atoms with van der Waals surface area (Å²) in [4.78, 5) is 0. The Hall–Kier alpha value is -0.730. The Morgan fingerprint density at radius 1 is 1.12 bits per heavy atom. The van der Waals surface area contributed by atoms with Crippen LogP contribution in [0.2, 0.25) is 5.02 Å². The zero-order valence-electron chi connectivity index (χ0n) is 15.3. The first kappa shape index (κ1) is 16.7. The van der Waals surface area contributed by atoms with Gasteiger partial charge >= 0.3 is 0 Å². The molecule has 0 spiro atoms. The van der Waals surface area contributed by atoms with Gasteiger partial charge in [-0.3, -0.25) is 0 Å². The average molecular weight is 348 g/mol. The Bertz CT molecular complexity index is 625. The number of hydrogen-bond acceptors (Lipinski definition) is 2. The molecule has 2 nitrogen and oxygen atoms in total. The lowest BCUT2D eigenvalue weighted by Crippen LogP contribution is -2.63. The molecule has 4 aliphatic rings. The molecule has 5 rings (SSSR count). The third-order valence-corrected chi connectivity index (χ3v) is 6.84. The maximum atomic E-state index is 6.23. The molecule has 132 valence electrons. The zero-order chi connectivity index (χ0) is 17.0. The van der Waals surface area contributed by atoms with Gasteiger partial charge in [-0.1, -0.05) is 25.4 Å². The summed E-state index contributed by atoms with van der Waals surface area (Å²) in [7, 11) is 0. The largest absolute Gasteiger partial charge is 0.494 e. The Morgan fingerprint density at radius 3 is 2.46 bits per heavy atom. The van der Waals surface area contributed by atoms with Crippen molar-refractivity contribution < 1.29 is 4.74 Å². The predicted octanol–water partition coefficient (Wildman–Crippen LogP) is 5.58. The van der Waals surface area contributed by atoms with Crippen LogP contribution in [0.15, 0.2) is 18.2 Å². The van der Waals surface area contributed by atoms with Crippen LogP contribution in [0.5, 0.6) is 5.75 Å². The predicted molar refractivity (Wildman–Crippen MR) is 99.6 cm³/mol. The summed E-state index contributed by atoms with van der Waals surface area (Å²) in [5, 5.41) is 4.77. The van der Waals surface area contributed by atoms with E-state index in [9.17, 15) is 0 Å². The van der Waals surface area contributed by atoms with E-state index < -0.39 is 0 Å². The van der Waals surface area contributed by atoms with Gasteiger partial charge in [0.1, 0.15) is 5.75 Å². The first-order chi connectivity index (χ1) is 11.3. The fraction of sp³-hybridized carbons (Fsp3) is 0.714. The topological polar surface area (TPSA) is 21.3 Å². The van der Waals surface area contributed by atoms with Crippen molar-refractivity contribution in [2.24, 2.45) is 16.7 Å². The molecule has 4 aliphatic carbocycles. The average Bonchev–Trinajstić information content (AvgIpc) is 2.44. The summed E-state index contributed by atoms with van der Waals surface area (Å²) < 4.78 is 5.80. The van der Waals surface area contributed by atoms with Gasteiger partial charge in [-0.25, -0.2) is 0 Å². The molecule has 4 atom stereocenters. The van der Waals surface area contributed by atoms with Crippen molar-refractivity contribution in [1.29, 1.82) is 0 Å². The van der Waals surface area contributed by atoms with Gasteiger partial charge in [-0.05, 0) is 80.4 Å². The van der Waals surface area contributed by atoms with Gasteiger partial charge in [0.25, 0.3) is 0 Å². The second-order valence-electron chi connectivity index (χ2n) is 9.45. The lowest BCUT2D eigenvalue weighted by Gasteiger charge is -2.65. The molecule has 24 heavy (non-hydrogen) atoms. The van der Waals surface area contributed by atoms with Gasteiger partial charge in [0.2, 0.25) is 0 Å². The second kappa shape index (κ2) is 5.64. The molecular weight excluding hydrogens is 318 g/mol. The highest BCUT2D eigenvalue weighted by Crippen LogP contribution is 2.66. The van der Waals surface area contributed by atoms with Crippen LogP contribution in [-0.2, 0) is 6.54 Å². The quantitative estimate of drug-likeness (QED) is 0.751. The molecule has 0 aliphatic heterocycles. The monoisotopic (exact) mass is 347 g/mol.